The van der Waals surface area contributed by atoms with Crippen LogP contribution in [0.25, 0.3) is 0 Å². The molecule has 12 aliphatic rings. The Balaban J connectivity index is 0.000000131. The number of rotatable bonds is 5. The van der Waals surface area contributed by atoms with Crippen LogP contribution in [-0.4, -0.2) is 9.90 Å². The highest BCUT2D eigenvalue weighted by atomic mass is 79.9. The van der Waals surface area contributed by atoms with Crippen molar-refractivity contribution >= 4 is 163 Å². The first-order valence-electron chi connectivity index (χ1n) is 33.0. The van der Waals surface area contributed by atoms with Crippen LogP contribution in [0.3, 0.4) is 0 Å². The van der Waals surface area contributed by atoms with Gasteiger partial charge in [-0.3, -0.25) is 0 Å². The molecule has 8 fully saturated rings. The molecule has 1 unspecified atom stereocenters. The van der Waals surface area contributed by atoms with Gasteiger partial charge >= 0.3 is 3.18 Å². The van der Waals surface area contributed by atoms with E-state index in [2.05, 4.69) is 310 Å². The van der Waals surface area contributed by atoms with Gasteiger partial charge in [0.05, 0.1) is 33.5 Å². The Bertz CT molecular complexity index is 4290. The molecule has 8 aliphatic carbocycles. The predicted molar refractivity (Wildman–Crippen MR) is 401 cm³/mol. The van der Waals surface area contributed by atoms with Crippen LogP contribution in [0.2, 0.25) is 5.02 Å². The Kier molecular flexibility index (Phi) is 14.8. The molecule has 4 aliphatic heterocycles. The minimum atomic E-state index is 0. The minimum Gasteiger partial charge on any atom is -0.311 e. The lowest BCUT2D eigenvalue weighted by atomic mass is 9.32. The molecule has 0 saturated heterocycles. The normalized spacial score (nSPS) is 24.9. The highest BCUT2D eigenvalue weighted by Gasteiger charge is 2.64. The molecule has 91 heavy (non-hydrogen) atoms. The average Bonchev–Trinajstić information content (AvgIpc) is 0.677. The summed E-state index contributed by atoms with van der Waals surface area (Å²) in [5, 5.41) is 0.751. The zero-order valence-electron chi connectivity index (χ0n) is 50.9. The monoisotopic (exact) mass is 1410 g/mol. The zero-order chi connectivity index (χ0) is 60.0. The standard InChI is InChI=1S/C40H33BN2.C40H35ClN2.BBr3.H3P/c1-2-10-29(11-3-1)42-35-17-7-5-14-32(35)41-33-15-8-13-31-39(33)43(37-19-9-18-36(42)38(37)41)34-16-6-4-12-30(34)40(31)27-21-25-20-26(23-27)24-28(40)22-25;41-39-37(42(31-12-3-1-4-13-31)32-14-5-2-6-15-32)20-11-21-38(39)43-35-18-9-7-16-33(35)40(34-17-8-10-19-36(34)43)29-23-27-22-28(25-29)26-30(40)24-27;2-1(3)4;/h1-19,25-28H,20-24H2;1-21,27-30H,22-26H2;;1H3. The fourth-order valence-electron chi connectivity index (χ4n) is 21.2. The van der Waals surface area contributed by atoms with E-state index in [9.17, 15) is 0 Å². The molecule has 10 aromatic carbocycles. The molecule has 0 aromatic heterocycles. The van der Waals surface area contributed by atoms with Crippen LogP contribution >= 0.6 is 68.8 Å². The van der Waals surface area contributed by atoms with Crippen molar-refractivity contribution in [2.75, 3.05) is 19.6 Å². The predicted octanol–water partition coefficient (Wildman–Crippen LogP) is 21.4. The molecule has 1 atom stereocenters. The third kappa shape index (κ3) is 8.82. The van der Waals surface area contributed by atoms with E-state index in [1.165, 1.54) is 137 Å². The summed E-state index contributed by atoms with van der Waals surface area (Å²) in [6, 6.07) is 90.2. The molecule has 0 radical (unpaired) electrons. The molecular formula is C80H71B2Br3ClN4P. The van der Waals surface area contributed by atoms with Gasteiger partial charge in [0.15, 0.2) is 0 Å². The van der Waals surface area contributed by atoms with Crippen molar-refractivity contribution in [3.63, 3.8) is 0 Å². The quantitative estimate of drug-likeness (QED) is 0.126. The Morgan fingerprint density at radius 1 is 0.363 bits per heavy atom. The van der Waals surface area contributed by atoms with Crippen LogP contribution in [0.1, 0.15) is 86.5 Å². The van der Waals surface area contributed by atoms with Gasteiger partial charge in [0, 0.05) is 50.6 Å². The number of hydrogen-bond donors (Lipinski definition) is 0. The van der Waals surface area contributed by atoms with Crippen molar-refractivity contribution in [2.45, 2.75) is 75.0 Å². The van der Waals surface area contributed by atoms with E-state index in [4.69, 9.17) is 11.6 Å². The zero-order valence-corrected chi connectivity index (χ0v) is 57.9. The van der Waals surface area contributed by atoms with Crippen molar-refractivity contribution in [3.8, 4) is 0 Å². The van der Waals surface area contributed by atoms with Crippen molar-refractivity contribution in [1.29, 1.82) is 0 Å². The number of nitrogens with zero attached hydrogens (tertiary/aromatic N) is 4. The number of hydrogen-bond acceptors (Lipinski definition) is 4. The second-order valence-corrected chi connectivity index (χ2v) is 34.4. The van der Waals surface area contributed by atoms with Crippen LogP contribution < -0.4 is 36.0 Å². The number of fused-ring (bicyclic) bond motifs is 8. The molecule has 8 bridgehead atoms. The van der Waals surface area contributed by atoms with Gasteiger partial charge in [-0.25, -0.2) is 0 Å². The maximum atomic E-state index is 7.58. The van der Waals surface area contributed by atoms with Crippen molar-refractivity contribution in [2.24, 2.45) is 47.3 Å². The van der Waals surface area contributed by atoms with Gasteiger partial charge in [-0.1, -0.05) is 169 Å². The summed E-state index contributed by atoms with van der Waals surface area (Å²) in [4.78, 5) is 9.91. The van der Waals surface area contributed by atoms with E-state index in [0.717, 1.165) is 63.3 Å². The molecule has 0 amide bonds. The SMILES string of the molecule is BrB(Br)Br.Clc1c(N(c2ccccc2)c2ccccc2)cccc1N1c2ccccc2C2(c3ccccc31)C1CC3CC(C1)CC2C3.P.c1ccc(N2c3ccccc3B3c4cccc5c4N(c4ccccc4C54C5CC6CC(C5)CC4C6)c4cccc2c43)cc1. The van der Waals surface area contributed by atoms with E-state index in [1.807, 2.05) is 0 Å². The van der Waals surface area contributed by atoms with Gasteiger partial charge < -0.3 is 19.6 Å². The molecular weight excluding hydrogens is 1340 g/mol. The van der Waals surface area contributed by atoms with Crippen LogP contribution in [0, 0.1) is 47.3 Å². The molecule has 450 valence electrons. The largest absolute Gasteiger partial charge is 0.369 e. The second-order valence-electron chi connectivity index (χ2n) is 27.5. The maximum Gasteiger partial charge on any atom is 0.369 e. The van der Waals surface area contributed by atoms with Gasteiger partial charge in [-0.2, -0.15) is 9.90 Å². The highest BCUT2D eigenvalue weighted by molar-refractivity contribution is 9.69. The third-order valence-electron chi connectivity index (χ3n) is 23.5. The summed E-state index contributed by atoms with van der Waals surface area (Å²) in [5.41, 5.74) is 25.6. The molecule has 0 N–H and O–H groups in total. The lowest BCUT2D eigenvalue weighted by Crippen LogP contribution is -2.64. The first-order chi connectivity index (χ1) is 44.3. The van der Waals surface area contributed by atoms with Crippen LogP contribution in [0.5, 0.6) is 0 Å². The fraction of sp³-hybridized carbons (Fsp3) is 0.250. The van der Waals surface area contributed by atoms with E-state index >= 15 is 0 Å². The molecule has 4 heterocycles. The first-order valence-corrected chi connectivity index (χ1v) is 36.1. The lowest BCUT2D eigenvalue weighted by Gasteiger charge is -2.64. The summed E-state index contributed by atoms with van der Waals surface area (Å²) >= 11 is 16.9. The Morgan fingerprint density at radius 3 is 1.24 bits per heavy atom. The topological polar surface area (TPSA) is 13.0 Å². The van der Waals surface area contributed by atoms with Crippen LogP contribution in [0.4, 0.5) is 68.2 Å². The lowest BCUT2D eigenvalue weighted by molar-refractivity contribution is -0.0419. The van der Waals surface area contributed by atoms with E-state index in [1.54, 1.807) is 11.1 Å². The molecule has 2 spiro atoms. The van der Waals surface area contributed by atoms with E-state index in [-0.39, 0.29) is 30.6 Å². The second kappa shape index (κ2) is 23.0. The summed E-state index contributed by atoms with van der Waals surface area (Å²) in [6.45, 7) is 0.215. The van der Waals surface area contributed by atoms with Crippen LogP contribution in [0.15, 0.2) is 243 Å². The van der Waals surface area contributed by atoms with Gasteiger partial charge in [-0.05, 0) is 235 Å². The first kappa shape index (κ1) is 58.5. The van der Waals surface area contributed by atoms with Gasteiger partial charge in [0.2, 0.25) is 0 Å². The molecule has 22 rings (SSSR count). The van der Waals surface area contributed by atoms with Crippen molar-refractivity contribution in [3.05, 3.63) is 270 Å². The smallest absolute Gasteiger partial charge is 0.311 e. The molecule has 4 nitrogen and oxygen atoms in total. The minimum absolute atomic E-state index is 0. The van der Waals surface area contributed by atoms with Crippen molar-refractivity contribution in [1.82, 2.24) is 0 Å². The summed E-state index contributed by atoms with van der Waals surface area (Å²) in [5.74, 6) is 6.63. The fourth-order valence-corrected chi connectivity index (χ4v) is 21.5. The summed E-state index contributed by atoms with van der Waals surface area (Å²) in [7, 11) is 0. The number of anilines is 12. The van der Waals surface area contributed by atoms with Gasteiger partial charge in [-0.15, -0.1) is 47.3 Å². The maximum absolute atomic E-state index is 7.58. The summed E-state index contributed by atoms with van der Waals surface area (Å²) in [6.07, 6.45) is 14.0. The highest BCUT2D eigenvalue weighted by Crippen LogP contribution is 2.72. The number of benzene rings is 10. The number of halogens is 4. The number of para-hydroxylation sites is 8. The van der Waals surface area contributed by atoms with Gasteiger partial charge in [0.25, 0.3) is 6.71 Å². The molecule has 11 heteroatoms. The van der Waals surface area contributed by atoms with E-state index in [0.29, 0.717) is 11.8 Å². The van der Waals surface area contributed by atoms with E-state index < -0.39 is 0 Å². The van der Waals surface area contributed by atoms with Crippen molar-refractivity contribution < 1.29 is 0 Å². The molecule has 10 aromatic rings. The van der Waals surface area contributed by atoms with Gasteiger partial charge in [0.1, 0.15) is 0 Å². The third-order valence-corrected chi connectivity index (χ3v) is 23.9. The molecule has 8 saturated carbocycles. The Hall–Kier alpha value is -6.31. The van der Waals surface area contributed by atoms with Crippen LogP contribution in [-0.2, 0) is 10.8 Å². The average molecular weight is 1420 g/mol. The Morgan fingerprint density at radius 2 is 0.725 bits per heavy atom. The summed E-state index contributed by atoms with van der Waals surface area (Å²) < 4.78 is 0.271. The Labute approximate surface area is 570 Å².